The zero-order chi connectivity index (χ0) is 13.9. The Morgan fingerprint density at radius 1 is 1.20 bits per heavy atom. The van der Waals surface area contributed by atoms with Gasteiger partial charge in [-0.3, -0.25) is 4.79 Å². The molecule has 1 aliphatic heterocycles. The minimum absolute atomic E-state index is 0.164. The molecule has 4 heteroatoms. The zero-order valence-corrected chi connectivity index (χ0v) is 11.3. The van der Waals surface area contributed by atoms with Gasteiger partial charge in [-0.15, -0.1) is 0 Å². The maximum absolute atomic E-state index is 12.1. The molecule has 0 spiro atoms. The Balaban J connectivity index is 1.98. The highest BCUT2D eigenvalue weighted by molar-refractivity contribution is 6.07. The fourth-order valence-corrected chi connectivity index (χ4v) is 2.19. The first-order chi connectivity index (χ1) is 9.78. The maximum atomic E-state index is 12.1. The second kappa shape index (κ2) is 5.33. The van der Waals surface area contributed by atoms with Crippen molar-refractivity contribution in [2.75, 3.05) is 5.32 Å². The number of nitrogens with zero attached hydrogens (tertiary/aromatic N) is 1. The van der Waals surface area contributed by atoms with Gasteiger partial charge >= 0.3 is 0 Å². The monoisotopic (exact) mass is 268 g/mol. The molecule has 102 valence electrons. The van der Waals surface area contributed by atoms with Gasteiger partial charge in [0.1, 0.15) is 11.4 Å². The number of hydrogen-bond donors (Lipinski definition) is 1. The predicted molar refractivity (Wildman–Crippen MR) is 77.3 cm³/mol. The number of aryl methyl sites for hydroxylation is 1. The van der Waals surface area contributed by atoms with Crippen LogP contribution in [0.25, 0.3) is 0 Å². The number of amides is 1. The summed E-state index contributed by atoms with van der Waals surface area (Å²) < 4.78 is 5.80. The number of benzene rings is 1. The summed E-state index contributed by atoms with van der Waals surface area (Å²) in [6, 6.07) is 11.0. The molecule has 0 unspecified atom stereocenters. The first-order valence-corrected chi connectivity index (χ1v) is 6.86. The van der Waals surface area contributed by atoms with Gasteiger partial charge < -0.3 is 10.1 Å². The quantitative estimate of drug-likeness (QED) is 0.921. The van der Waals surface area contributed by atoms with E-state index in [1.807, 2.05) is 24.3 Å². The number of hydrogen-bond acceptors (Lipinski definition) is 3. The number of carbonyl (C=O) groups excluding carboxylic acids is 1. The normalized spacial score (nSPS) is 12.8. The van der Waals surface area contributed by atoms with Gasteiger partial charge in [0, 0.05) is 5.69 Å². The van der Waals surface area contributed by atoms with E-state index in [1.54, 1.807) is 12.1 Å². The molecule has 1 N–H and O–H groups in total. The molecule has 4 nitrogen and oxygen atoms in total. The van der Waals surface area contributed by atoms with E-state index in [0.29, 0.717) is 22.9 Å². The van der Waals surface area contributed by atoms with Crippen molar-refractivity contribution in [2.24, 2.45) is 0 Å². The zero-order valence-electron chi connectivity index (χ0n) is 11.3. The third-order valence-electron chi connectivity index (χ3n) is 3.29. The minimum Gasteiger partial charge on any atom is -0.436 e. The van der Waals surface area contributed by atoms with Crippen LogP contribution in [0.3, 0.4) is 0 Å². The number of pyridine rings is 1. The molecule has 0 fully saturated rings. The van der Waals surface area contributed by atoms with E-state index in [4.69, 9.17) is 4.74 Å². The van der Waals surface area contributed by atoms with Crippen molar-refractivity contribution >= 4 is 11.6 Å². The third-order valence-corrected chi connectivity index (χ3v) is 3.29. The van der Waals surface area contributed by atoms with Crippen LogP contribution in [0.4, 0.5) is 5.69 Å². The second-order valence-electron chi connectivity index (χ2n) is 4.81. The lowest BCUT2D eigenvalue weighted by Gasteiger charge is -2.08. The molecule has 0 aliphatic carbocycles. The lowest BCUT2D eigenvalue weighted by molar-refractivity contribution is 0.102. The average Bonchev–Trinajstić information content (AvgIpc) is 2.61. The summed E-state index contributed by atoms with van der Waals surface area (Å²) in [5, 5.41) is 2.84. The molecule has 0 saturated carbocycles. The molecule has 1 aromatic heterocycles. The van der Waals surface area contributed by atoms with Crippen LogP contribution in [0, 0.1) is 0 Å². The Hall–Kier alpha value is -2.36. The fraction of sp³-hybridized carbons (Fsp3) is 0.250. The summed E-state index contributed by atoms with van der Waals surface area (Å²) >= 11 is 0. The molecule has 1 aliphatic rings. The van der Waals surface area contributed by atoms with Crippen LogP contribution in [0.15, 0.2) is 36.4 Å². The first kappa shape index (κ1) is 12.7. The van der Waals surface area contributed by atoms with E-state index < -0.39 is 0 Å². The van der Waals surface area contributed by atoms with Gasteiger partial charge in [-0.05, 0) is 37.1 Å². The molecular formula is C16H16N2O2. The number of rotatable bonds is 3. The molecule has 2 aromatic rings. The summed E-state index contributed by atoms with van der Waals surface area (Å²) in [6.45, 7) is 2.15. The van der Waals surface area contributed by atoms with E-state index in [0.717, 1.165) is 25.0 Å². The second-order valence-corrected chi connectivity index (χ2v) is 4.81. The van der Waals surface area contributed by atoms with Gasteiger partial charge in [0.25, 0.3) is 5.91 Å². The largest absolute Gasteiger partial charge is 0.436 e. The van der Waals surface area contributed by atoms with Crippen LogP contribution in [0.5, 0.6) is 11.6 Å². The van der Waals surface area contributed by atoms with Crippen LogP contribution in [-0.2, 0) is 6.42 Å². The van der Waals surface area contributed by atoms with Gasteiger partial charge in [-0.2, -0.15) is 0 Å². The molecule has 20 heavy (non-hydrogen) atoms. The maximum Gasteiger partial charge on any atom is 0.259 e. The lowest BCUT2D eigenvalue weighted by Crippen LogP contribution is -2.10. The highest BCUT2D eigenvalue weighted by Gasteiger charge is 2.21. The van der Waals surface area contributed by atoms with Gasteiger partial charge in [-0.25, -0.2) is 4.98 Å². The van der Waals surface area contributed by atoms with Crippen molar-refractivity contribution < 1.29 is 9.53 Å². The summed E-state index contributed by atoms with van der Waals surface area (Å²) in [4.78, 5) is 16.6. The van der Waals surface area contributed by atoms with Gasteiger partial charge in [0.15, 0.2) is 0 Å². The van der Waals surface area contributed by atoms with Crippen molar-refractivity contribution in [3.63, 3.8) is 0 Å². The Kier molecular flexibility index (Phi) is 3.37. The Morgan fingerprint density at radius 2 is 2.05 bits per heavy atom. The summed E-state index contributed by atoms with van der Waals surface area (Å²) in [5.41, 5.74) is 2.13. The number of para-hydroxylation sites is 1. The highest BCUT2D eigenvalue weighted by atomic mass is 16.5. The topological polar surface area (TPSA) is 51.2 Å². The van der Waals surface area contributed by atoms with Crippen LogP contribution < -0.4 is 10.1 Å². The summed E-state index contributed by atoms with van der Waals surface area (Å²) in [5.74, 6) is 0.850. The van der Waals surface area contributed by atoms with E-state index in [2.05, 4.69) is 17.2 Å². The van der Waals surface area contributed by atoms with Crippen LogP contribution in [-0.4, -0.2) is 10.9 Å². The number of carbonyl (C=O) groups is 1. The van der Waals surface area contributed by atoms with E-state index in [9.17, 15) is 4.79 Å². The molecule has 0 bridgehead atoms. The highest BCUT2D eigenvalue weighted by Crippen LogP contribution is 2.34. The number of anilines is 1. The average molecular weight is 268 g/mol. The van der Waals surface area contributed by atoms with Crippen molar-refractivity contribution in [3.8, 4) is 11.6 Å². The smallest absolute Gasteiger partial charge is 0.259 e. The van der Waals surface area contributed by atoms with E-state index in [1.165, 1.54) is 0 Å². The van der Waals surface area contributed by atoms with Crippen LogP contribution in [0.2, 0.25) is 0 Å². The predicted octanol–water partition coefficient (Wildman–Crippen LogP) is 3.78. The van der Waals surface area contributed by atoms with E-state index in [-0.39, 0.29) is 5.91 Å². The van der Waals surface area contributed by atoms with Crippen molar-refractivity contribution in [3.05, 3.63) is 47.7 Å². The summed E-state index contributed by atoms with van der Waals surface area (Å²) in [7, 11) is 0. The van der Waals surface area contributed by atoms with Crippen molar-refractivity contribution in [1.29, 1.82) is 0 Å². The summed E-state index contributed by atoms with van der Waals surface area (Å²) in [6.07, 6.45) is 3.14. The molecule has 0 atom stereocenters. The van der Waals surface area contributed by atoms with Crippen LogP contribution >= 0.6 is 0 Å². The van der Waals surface area contributed by atoms with Gasteiger partial charge in [-0.1, -0.05) is 25.5 Å². The Bertz CT molecular complexity index is 653. The number of fused-ring (bicyclic) bond motifs is 2. The third kappa shape index (κ3) is 2.37. The Morgan fingerprint density at radius 3 is 2.90 bits per heavy atom. The van der Waals surface area contributed by atoms with E-state index >= 15 is 0 Å². The van der Waals surface area contributed by atoms with Gasteiger partial charge in [0.05, 0.1) is 5.56 Å². The number of ether oxygens (including phenoxy) is 1. The molecule has 2 heterocycles. The van der Waals surface area contributed by atoms with Crippen molar-refractivity contribution in [2.45, 2.75) is 26.2 Å². The molecule has 1 amide bonds. The Labute approximate surface area is 117 Å². The minimum atomic E-state index is -0.164. The number of aromatic nitrogens is 1. The standard InChI is InChI=1S/C16H16N2O2/c1-2-3-6-11-9-10-13-16(17-11)20-14-8-5-4-7-12(14)15(19)18-13/h4-5,7-10H,2-3,6H2,1H3,(H,18,19). The SMILES string of the molecule is CCCCc1ccc2c(n1)Oc1ccccc1C(=O)N2. The fourth-order valence-electron chi connectivity index (χ4n) is 2.19. The van der Waals surface area contributed by atoms with Crippen molar-refractivity contribution in [1.82, 2.24) is 4.98 Å². The molecular weight excluding hydrogens is 252 g/mol. The molecule has 0 radical (unpaired) electrons. The molecule has 3 rings (SSSR count). The first-order valence-electron chi connectivity index (χ1n) is 6.86. The van der Waals surface area contributed by atoms with Gasteiger partial charge in [0.2, 0.25) is 5.88 Å². The number of nitrogens with one attached hydrogen (secondary N) is 1. The molecule has 0 saturated heterocycles. The lowest BCUT2D eigenvalue weighted by atomic mass is 10.2. The number of unbranched alkanes of at least 4 members (excludes halogenated alkanes) is 1. The van der Waals surface area contributed by atoms with Crippen LogP contribution in [0.1, 0.15) is 35.8 Å². The molecule has 1 aromatic carbocycles.